The fourth-order valence-corrected chi connectivity index (χ4v) is 6.10. The van der Waals surface area contributed by atoms with E-state index < -0.39 is 0 Å². The zero-order valence-corrected chi connectivity index (χ0v) is 23.2. The van der Waals surface area contributed by atoms with Crippen LogP contribution < -0.4 is 0 Å². The van der Waals surface area contributed by atoms with Crippen molar-refractivity contribution in [1.82, 2.24) is 39.6 Å². The zero-order chi connectivity index (χ0) is 27.1. The molecule has 0 radical (unpaired) electrons. The van der Waals surface area contributed by atoms with E-state index in [1.165, 1.54) is 11.3 Å². The molecule has 0 aliphatic rings. The number of nitrogens with zero attached hydrogens (tertiary/aromatic N) is 7. The number of unbranched alkanes of at least 4 members (excludes halogenated alkanes) is 1. The summed E-state index contributed by atoms with van der Waals surface area (Å²) in [6.45, 7) is 5.09. The van der Waals surface area contributed by atoms with Crippen LogP contribution in [0.15, 0.2) is 78.3 Å². The molecule has 7 aromatic rings. The highest BCUT2D eigenvalue weighted by molar-refractivity contribution is 7.15. The Kier molecular flexibility index (Phi) is 6.20. The van der Waals surface area contributed by atoms with Gasteiger partial charge in [0.2, 0.25) is 5.82 Å². The van der Waals surface area contributed by atoms with E-state index in [-0.39, 0.29) is 0 Å². The van der Waals surface area contributed by atoms with E-state index in [2.05, 4.69) is 104 Å². The number of rotatable bonds is 8. The first-order valence-electron chi connectivity index (χ1n) is 13.5. The Morgan fingerprint density at radius 1 is 0.925 bits per heavy atom. The van der Waals surface area contributed by atoms with Gasteiger partial charge in [-0.2, -0.15) is 5.21 Å². The van der Waals surface area contributed by atoms with Gasteiger partial charge < -0.3 is 4.57 Å². The summed E-state index contributed by atoms with van der Waals surface area (Å²) in [4.78, 5) is 11.0. The number of aromatic nitrogens is 8. The number of aryl methyl sites for hydroxylation is 2. The van der Waals surface area contributed by atoms with Crippen molar-refractivity contribution < 1.29 is 0 Å². The molecule has 0 atom stereocenters. The molecule has 40 heavy (non-hydrogen) atoms. The molecule has 0 amide bonds. The summed E-state index contributed by atoms with van der Waals surface area (Å²) < 4.78 is 4.53. The van der Waals surface area contributed by atoms with E-state index in [0.29, 0.717) is 5.82 Å². The van der Waals surface area contributed by atoms with Gasteiger partial charge in [-0.15, -0.1) is 21.5 Å². The maximum absolute atomic E-state index is 5.05. The molecule has 4 heterocycles. The summed E-state index contributed by atoms with van der Waals surface area (Å²) in [6, 6.07) is 23.4. The van der Waals surface area contributed by atoms with Crippen LogP contribution in [0, 0.1) is 6.92 Å². The predicted molar refractivity (Wildman–Crippen MR) is 159 cm³/mol. The number of hydrogen-bond donors (Lipinski definition) is 1. The summed E-state index contributed by atoms with van der Waals surface area (Å²) in [5.41, 5.74) is 9.84. The quantitative estimate of drug-likeness (QED) is 0.223. The lowest BCUT2D eigenvalue weighted by atomic mass is 9.98. The first kappa shape index (κ1) is 24.4. The van der Waals surface area contributed by atoms with Crippen molar-refractivity contribution in [1.29, 1.82) is 0 Å². The van der Waals surface area contributed by atoms with Gasteiger partial charge >= 0.3 is 0 Å². The SMILES string of the molecule is CCCCc1nc2ccc(-c3cn4c(C)csc4n3)cc2n1Cc1ccc(-c2ccccc2-c2nn[nH]n2)cc1. The maximum atomic E-state index is 5.05. The van der Waals surface area contributed by atoms with Gasteiger partial charge in [-0.05, 0) is 47.4 Å². The molecule has 0 aliphatic carbocycles. The van der Waals surface area contributed by atoms with E-state index in [9.17, 15) is 0 Å². The molecule has 8 nitrogen and oxygen atoms in total. The molecule has 0 fully saturated rings. The number of hydrogen-bond acceptors (Lipinski definition) is 6. The number of tetrazole rings is 1. The zero-order valence-electron chi connectivity index (χ0n) is 22.4. The standard InChI is InChI=1S/C31H28N8S/c1-3-4-9-29-32-26-15-14-23(27-18-38-20(2)19-40-31(38)33-27)16-28(26)39(29)17-21-10-12-22(13-11-21)24-7-5-6-8-25(24)30-34-36-37-35-30/h5-8,10-16,18-19H,3-4,9,17H2,1-2H3,(H,34,35,36,37). The average molecular weight is 545 g/mol. The molecule has 1 N–H and O–H groups in total. The molecular formula is C31H28N8S. The number of aromatic amines is 1. The number of fused-ring (bicyclic) bond motifs is 2. The Morgan fingerprint density at radius 2 is 1.75 bits per heavy atom. The van der Waals surface area contributed by atoms with E-state index in [1.54, 1.807) is 11.3 Å². The molecule has 3 aromatic carbocycles. The lowest BCUT2D eigenvalue weighted by Gasteiger charge is -2.12. The lowest BCUT2D eigenvalue weighted by molar-refractivity contribution is 0.690. The third-order valence-electron chi connectivity index (χ3n) is 7.38. The first-order valence-corrected chi connectivity index (χ1v) is 14.4. The summed E-state index contributed by atoms with van der Waals surface area (Å²) >= 11 is 1.67. The Morgan fingerprint density at radius 3 is 2.52 bits per heavy atom. The molecule has 198 valence electrons. The monoisotopic (exact) mass is 544 g/mol. The molecule has 9 heteroatoms. The summed E-state index contributed by atoms with van der Waals surface area (Å²) in [5, 5.41) is 16.8. The molecule has 0 bridgehead atoms. The largest absolute Gasteiger partial charge is 0.323 e. The summed E-state index contributed by atoms with van der Waals surface area (Å²) in [5.74, 6) is 1.72. The molecule has 4 aromatic heterocycles. The minimum absolute atomic E-state index is 0.591. The van der Waals surface area contributed by atoms with Crippen LogP contribution in [0.25, 0.3) is 49.8 Å². The second-order valence-corrected chi connectivity index (χ2v) is 10.9. The molecule has 0 aliphatic heterocycles. The highest BCUT2D eigenvalue weighted by atomic mass is 32.1. The number of nitrogens with one attached hydrogen (secondary N) is 1. The molecule has 0 spiro atoms. The van der Waals surface area contributed by atoms with Crippen LogP contribution in [0.1, 0.15) is 36.8 Å². The maximum Gasteiger partial charge on any atom is 0.205 e. The number of thiazole rings is 1. The van der Waals surface area contributed by atoms with Gasteiger partial charge in [0.05, 0.1) is 16.7 Å². The van der Waals surface area contributed by atoms with Gasteiger partial charge in [0.25, 0.3) is 0 Å². The van der Waals surface area contributed by atoms with Gasteiger partial charge in [0.1, 0.15) is 5.82 Å². The van der Waals surface area contributed by atoms with E-state index >= 15 is 0 Å². The third-order valence-corrected chi connectivity index (χ3v) is 8.34. The van der Waals surface area contributed by atoms with E-state index in [0.717, 1.165) is 75.6 Å². The Bertz CT molecular complexity index is 1930. The second kappa shape index (κ2) is 10.2. The summed E-state index contributed by atoms with van der Waals surface area (Å²) in [6.07, 6.45) is 5.33. The van der Waals surface area contributed by atoms with Gasteiger partial charge in [0, 0.05) is 41.4 Å². The van der Waals surface area contributed by atoms with Crippen molar-refractivity contribution in [2.45, 2.75) is 39.7 Å². The van der Waals surface area contributed by atoms with Gasteiger partial charge in [0.15, 0.2) is 4.96 Å². The van der Waals surface area contributed by atoms with Crippen molar-refractivity contribution in [2.24, 2.45) is 0 Å². The lowest BCUT2D eigenvalue weighted by Crippen LogP contribution is -2.05. The number of imidazole rings is 2. The minimum atomic E-state index is 0.591. The average Bonchev–Trinajstić information content (AvgIpc) is 3.79. The molecule has 7 rings (SSSR count). The van der Waals surface area contributed by atoms with Crippen LogP contribution in [0.3, 0.4) is 0 Å². The van der Waals surface area contributed by atoms with Gasteiger partial charge in [-0.1, -0.05) is 67.9 Å². The van der Waals surface area contributed by atoms with Crippen molar-refractivity contribution >= 4 is 27.3 Å². The number of benzene rings is 3. The van der Waals surface area contributed by atoms with Crippen LogP contribution in [0.4, 0.5) is 0 Å². The molecule has 0 saturated heterocycles. The first-order chi connectivity index (χ1) is 19.7. The highest BCUT2D eigenvalue weighted by Crippen LogP contribution is 2.31. The van der Waals surface area contributed by atoms with Gasteiger partial charge in [-0.25, -0.2) is 9.97 Å². The molecular weight excluding hydrogens is 516 g/mol. The van der Waals surface area contributed by atoms with E-state index in [4.69, 9.17) is 9.97 Å². The van der Waals surface area contributed by atoms with Crippen molar-refractivity contribution in [3.8, 4) is 33.8 Å². The fraction of sp³-hybridized carbons (Fsp3) is 0.194. The predicted octanol–water partition coefficient (Wildman–Crippen LogP) is 6.96. The second-order valence-electron chi connectivity index (χ2n) is 10.1. The Hall–Kier alpha value is -4.63. The van der Waals surface area contributed by atoms with Crippen LogP contribution in [0.2, 0.25) is 0 Å². The number of H-pyrrole nitrogens is 1. The Balaban J connectivity index is 1.24. The van der Waals surface area contributed by atoms with Crippen molar-refractivity contribution in [3.05, 3.63) is 95.4 Å². The fourth-order valence-electron chi connectivity index (χ4n) is 5.25. The highest BCUT2D eigenvalue weighted by Gasteiger charge is 2.15. The van der Waals surface area contributed by atoms with Crippen LogP contribution >= 0.6 is 11.3 Å². The molecule has 0 saturated carbocycles. The normalized spacial score (nSPS) is 11.7. The Labute approximate surface area is 235 Å². The van der Waals surface area contributed by atoms with Crippen LogP contribution in [-0.2, 0) is 13.0 Å². The van der Waals surface area contributed by atoms with Crippen molar-refractivity contribution in [2.75, 3.05) is 0 Å². The summed E-state index contributed by atoms with van der Waals surface area (Å²) in [7, 11) is 0. The molecule has 0 unspecified atom stereocenters. The van der Waals surface area contributed by atoms with E-state index in [1.807, 2.05) is 18.2 Å². The van der Waals surface area contributed by atoms with Crippen LogP contribution in [0.5, 0.6) is 0 Å². The topological polar surface area (TPSA) is 89.6 Å². The third kappa shape index (κ3) is 4.38. The van der Waals surface area contributed by atoms with Gasteiger partial charge in [-0.3, -0.25) is 4.40 Å². The van der Waals surface area contributed by atoms with Crippen molar-refractivity contribution in [3.63, 3.8) is 0 Å². The minimum Gasteiger partial charge on any atom is -0.323 e. The smallest absolute Gasteiger partial charge is 0.205 e. The van der Waals surface area contributed by atoms with Crippen LogP contribution in [-0.4, -0.2) is 39.6 Å².